The van der Waals surface area contributed by atoms with Crippen molar-refractivity contribution in [3.8, 4) is 6.01 Å². The molecule has 0 radical (unpaired) electrons. The third-order valence-electron chi connectivity index (χ3n) is 3.39. The lowest BCUT2D eigenvalue weighted by molar-refractivity contribution is 0.108. The van der Waals surface area contributed by atoms with Crippen LogP contribution in [0.4, 0.5) is 11.9 Å². The smallest absolute Gasteiger partial charge is 0.322 e. The fourth-order valence-electron chi connectivity index (χ4n) is 2.11. The Morgan fingerprint density at radius 1 is 1.25 bits per heavy atom. The van der Waals surface area contributed by atoms with Gasteiger partial charge in [0.1, 0.15) is 0 Å². The lowest BCUT2D eigenvalue weighted by atomic mass is 10.0. The topological polar surface area (TPSA) is 81.2 Å². The monoisotopic (exact) mass is 281 g/mol. The van der Waals surface area contributed by atoms with Crippen molar-refractivity contribution < 1.29 is 9.47 Å². The predicted octanol–water partition coefficient (Wildman–Crippen LogP) is 1.54. The van der Waals surface area contributed by atoms with Crippen LogP contribution in [0.5, 0.6) is 6.01 Å². The van der Waals surface area contributed by atoms with Crippen molar-refractivity contribution >= 4 is 11.9 Å². The van der Waals surface area contributed by atoms with Gasteiger partial charge in [0.15, 0.2) is 0 Å². The van der Waals surface area contributed by atoms with Crippen LogP contribution in [0, 0.1) is 5.92 Å². The van der Waals surface area contributed by atoms with Crippen LogP contribution in [0.1, 0.15) is 26.7 Å². The zero-order valence-electron chi connectivity index (χ0n) is 12.3. The summed E-state index contributed by atoms with van der Waals surface area (Å²) < 4.78 is 10.6. The minimum absolute atomic E-state index is 0.281. The van der Waals surface area contributed by atoms with E-state index in [4.69, 9.17) is 9.47 Å². The summed E-state index contributed by atoms with van der Waals surface area (Å²) in [4.78, 5) is 12.7. The van der Waals surface area contributed by atoms with E-state index in [1.54, 1.807) is 7.11 Å². The van der Waals surface area contributed by atoms with Crippen molar-refractivity contribution in [1.29, 1.82) is 0 Å². The molecule has 0 aromatic carbocycles. The van der Waals surface area contributed by atoms with E-state index in [0.717, 1.165) is 32.5 Å². The van der Waals surface area contributed by atoms with Gasteiger partial charge in [-0.05, 0) is 19.8 Å². The number of ether oxygens (including phenoxy) is 2. The standard InChI is InChI=1S/C13H23N5O2/c1-4-6-14-11-16-12(18-13(17-11)19-3)15-8-10-5-7-20-9(10)2/h9-10H,4-8H2,1-3H3,(H2,14,15,16,17,18). The first-order valence-electron chi connectivity index (χ1n) is 7.12. The molecule has 112 valence electrons. The van der Waals surface area contributed by atoms with Crippen molar-refractivity contribution in [3.63, 3.8) is 0 Å². The minimum Gasteiger partial charge on any atom is -0.467 e. The maximum absolute atomic E-state index is 5.55. The maximum Gasteiger partial charge on any atom is 0.322 e. The number of nitrogens with zero attached hydrogens (tertiary/aromatic N) is 3. The van der Waals surface area contributed by atoms with Gasteiger partial charge in [-0.15, -0.1) is 0 Å². The molecule has 2 unspecified atom stereocenters. The van der Waals surface area contributed by atoms with E-state index >= 15 is 0 Å². The minimum atomic E-state index is 0.281. The Kier molecular flexibility index (Phi) is 5.34. The number of aromatic nitrogens is 3. The highest BCUT2D eigenvalue weighted by molar-refractivity contribution is 5.35. The molecule has 1 saturated heterocycles. The second kappa shape index (κ2) is 7.23. The summed E-state index contributed by atoms with van der Waals surface area (Å²) in [6, 6.07) is 0.317. The Hall–Kier alpha value is -1.63. The summed E-state index contributed by atoms with van der Waals surface area (Å²) in [5.74, 6) is 1.57. The first-order valence-corrected chi connectivity index (χ1v) is 7.12. The van der Waals surface area contributed by atoms with E-state index in [1.165, 1.54) is 0 Å². The molecular weight excluding hydrogens is 258 g/mol. The van der Waals surface area contributed by atoms with E-state index in [1.807, 2.05) is 0 Å². The molecule has 0 spiro atoms. The molecule has 2 N–H and O–H groups in total. The Balaban J connectivity index is 1.98. The van der Waals surface area contributed by atoms with Crippen LogP contribution in [0.25, 0.3) is 0 Å². The van der Waals surface area contributed by atoms with Gasteiger partial charge < -0.3 is 20.1 Å². The molecule has 0 amide bonds. The largest absolute Gasteiger partial charge is 0.467 e. The number of methoxy groups -OCH3 is 1. The summed E-state index contributed by atoms with van der Waals surface area (Å²) >= 11 is 0. The van der Waals surface area contributed by atoms with Crippen LogP contribution in [0.2, 0.25) is 0 Å². The highest BCUT2D eigenvalue weighted by Gasteiger charge is 2.24. The van der Waals surface area contributed by atoms with Gasteiger partial charge in [0.05, 0.1) is 13.2 Å². The van der Waals surface area contributed by atoms with Crippen molar-refractivity contribution in [3.05, 3.63) is 0 Å². The molecule has 7 nitrogen and oxygen atoms in total. The van der Waals surface area contributed by atoms with E-state index in [2.05, 4.69) is 39.4 Å². The fraction of sp³-hybridized carbons (Fsp3) is 0.769. The summed E-state index contributed by atoms with van der Waals surface area (Å²) in [5, 5.41) is 6.39. The molecule has 1 aliphatic heterocycles. The summed E-state index contributed by atoms with van der Waals surface area (Å²) in [6.07, 6.45) is 2.36. The van der Waals surface area contributed by atoms with Crippen molar-refractivity contribution in [2.75, 3.05) is 37.4 Å². The first-order chi connectivity index (χ1) is 9.72. The molecule has 1 fully saturated rings. The molecule has 1 aromatic heterocycles. The van der Waals surface area contributed by atoms with Gasteiger partial charge in [-0.2, -0.15) is 15.0 Å². The van der Waals surface area contributed by atoms with E-state index < -0.39 is 0 Å². The van der Waals surface area contributed by atoms with Gasteiger partial charge >= 0.3 is 6.01 Å². The second-order valence-corrected chi connectivity index (χ2v) is 4.90. The van der Waals surface area contributed by atoms with Crippen LogP contribution in [-0.2, 0) is 4.74 Å². The molecule has 2 rings (SSSR count). The van der Waals surface area contributed by atoms with Crippen LogP contribution < -0.4 is 15.4 Å². The van der Waals surface area contributed by atoms with Crippen molar-refractivity contribution in [2.45, 2.75) is 32.8 Å². The van der Waals surface area contributed by atoms with Gasteiger partial charge in [0.25, 0.3) is 0 Å². The van der Waals surface area contributed by atoms with E-state index in [0.29, 0.717) is 23.8 Å². The number of hydrogen-bond acceptors (Lipinski definition) is 7. The highest BCUT2D eigenvalue weighted by Crippen LogP contribution is 2.21. The molecule has 2 heterocycles. The zero-order chi connectivity index (χ0) is 14.4. The zero-order valence-corrected chi connectivity index (χ0v) is 12.3. The molecular formula is C13H23N5O2. The number of hydrogen-bond donors (Lipinski definition) is 2. The number of nitrogens with one attached hydrogen (secondary N) is 2. The van der Waals surface area contributed by atoms with Gasteiger partial charge in [-0.25, -0.2) is 0 Å². The molecule has 2 atom stereocenters. The summed E-state index contributed by atoms with van der Waals surface area (Å²) in [6.45, 7) is 6.63. The van der Waals surface area contributed by atoms with Crippen LogP contribution in [0.15, 0.2) is 0 Å². The molecule has 1 aromatic rings. The predicted molar refractivity (Wildman–Crippen MR) is 77.2 cm³/mol. The quantitative estimate of drug-likeness (QED) is 0.784. The van der Waals surface area contributed by atoms with Gasteiger partial charge in [-0.3, -0.25) is 0 Å². The SMILES string of the molecule is CCCNc1nc(NCC2CCOC2C)nc(OC)n1. The summed E-state index contributed by atoms with van der Waals surface area (Å²) in [5.41, 5.74) is 0. The number of anilines is 2. The average molecular weight is 281 g/mol. The average Bonchev–Trinajstić information content (AvgIpc) is 2.88. The lowest BCUT2D eigenvalue weighted by Gasteiger charge is -2.15. The second-order valence-electron chi connectivity index (χ2n) is 4.90. The van der Waals surface area contributed by atoms with E-state index in [9.17, 15) is 0 Å². The molecule has 0 aliphatic carbocycles. The third kappa shape index (κ3) is 3.93. The van der Waals surface area contributed by atoms with Gasteiger partial charge in [-0.1, -0.05) is 6.92 Å². The van der Waals surface area contributed by atoms with E-state index in [-0.39, 0.29) is 6.10 Å². The molecule has 7 heteroatoms. The normalized spacial score (nSPS) is 21.8. The molecule has 0 saturated carbocycles. The molecule has 20 heavy (non-hydrogen) atoms. The Labute approximate surface area is 119 Å². The van der Waals surface area contributed by atoms with Crippen LogP contribution >= 0.6 is 0 Å². The maximum atomic E-state index is 5.55. The van der Waals surface area contributed by atoms with Crippen molar-refractivity contribution in [2.24, 2.45) is 5.92 Å². The Morgan fingerprint density at radius 3 is 2.60 bits per heavy atom. The Bertz CT molecular complexity index is 429. The lowest BCUT2D eigenvalue weighted by Crippen LogP contribution is -2.22. The van der Waals surface area contributed by atoms with Crippen LogP contribution in [-0.4, -0.2) is 47.9 Å². The number of rotatable bonds is 7. The van der Waals surface area contributed by atoms with Crippen LogP contribution in [0.3, 0.4) is 0 Å². The Morgan fingerprint density at radius 2 is 2.00 bits per heavy atom. The van der Waals surface area contributed by atoms with Gasteiger partial charge in [0, 0.05) is 25.6 Å². The van der Waals surface area contributed by atoms with Crippen molar-refractivity contribution in [1.82, 2.24) is 15.0 Å². The summed E-state index contributed by atoms with van der Waals surface area (Å²) in [7, 11) is 1.55. The molecule has 0 bridgehead atoms. The third-order valence-corrected chi connectivity index (χ3v) is 3.39. The highest BCUT2D eigenvalue weighted by atomic mass is 16.5. The fourth-order valence-corrected chi connectivity index (χ4v) is 2.11. The van der Waals surface area contributed by atoms with Gasteiger partial charge in [0.2, 0.25) is 11.9 Å². The first kappa shape index (κ1) is 14.8. The molecule has 1 aliphatic rings.